The molecule has 2 fully saturated rings. The number of thiophene rings is 1. The average molecular weight is 357 g/mol. The Kier molecular flexibility index (Phi) is 4.78. The van der Waals surface area contributed by atoms with Crippen molar-refractivity contribution in [2.45, 2.75) is 32.6 Å². The van der Waals surface area contributed by atoms with Crippen molar-refractivity contribution >= 4 is 34.9 Å². The van der Waals surface area contributed by atoms with E-state index in [1.54, 1.807) is 11.3 Å². The summed E-state index contributed by atoms with van der Waals surface area (Å²) < 4.78 is 0. The Balaban J connectivity index is 1.60. The number of hydrogen-bond donors (Lipinski definition) is 1. The predicted octanol–water partition coefficient (Wildman–Crippen LogP) is 2.97. The smallest absolute Gasteiger partial charge is 0.250 e. The molecular weight excluding hydrogens is 334 g/mol. The summed E-state index contributed by atoms with van der Waals surface area (Å²) in [6.45, 7) is 6.05. The molecule has 0 aliphatic carbocycles. The van der Waals surface area contributed by atoms with Crippen molar-refractivity contribution in [1.82, 2.24) is 15.0 Å². The van der Waals surface area contributed by atoms with Crippen LogP contribution >= 0.6 is 11.3 Å². The predicted molar refractivity (Wildman–Crippen MR) is 103 cm³/mol. The molecule has 25 heavy (non-hydrogen) atoms. The van der Waals surface area contributed by atoms with Crippen LogP contribution in [0.5, 0.6) is 0 Å². The van der Waals surface area contributed by atoms with Gasteiger partial charge in [0.1, 0.15) is 0 Å². The second-order valence-corrected chi connectivity index (χ2v) is 7.38. The Bertz CT molecular complexity index is 697. The number of aromatic nitrogens is 3. The van der Waals surface area contributed by atoms with Crippen molar-refractivity contribution < 1.29 is 0 Å². The fourth-order valence-corrected chi connectivity index (χ4v) is 3.87. The van der Waals surface area contributed by atoms with Gasteiger partial charge < -0.3 is 9.80 Å². The second kappa shape index (κ2) is 7.35. The first kappa shape index (κ1) is 16.3. The molecule has 2 aromatic heterocycles. The van der Waals surface area contributed by atoms with E-state index in [1.807, 2.05) is 18.4 Å². The third-order valence-electron chi connectivity index (χ3n) is 4.59. The Morgan fingerprint density at radius 1 is 1.00 bits per heavy atom. The lowest BCUT2D eigenvalue weighted by molar-refractivity contribution is 0.838. The number of rotatable bonds is 5. The number of hydrazone groups is 1. The quantitative estimate of drug-likeness (QED) is 0.655. The molecule has 4 heterocycles. The number of hydrogen-bond acceptors (Lipinski definition) is 8. The molecule has 7 nitrogen and oxygen atoms in total. The molecule has 0 bridgehead atoms. The summed E-state index contributed by atoms with van der Waals surface area (Å²) in [6, 6.07) is 4.09. The number of nitrogens with zero attached hydrogens (tertiary/aromatic N) is 6. The van der Waals surface area contributed by atoms with Gasteiger partial charge in [0.15, 0.2) is 0 Å². The van der Waals surface area contributed by atoms with E-state index in [4.69, 9.17) is 4.98 Å². The fraction of sp³-hybridized carbons (Fsp3) is 0.529. The minimum Gasteiger partial charge on any atom is -0.341 e. The van der Waals surface area contributed by atoms with E-state index in [0.29, 0.717) is 5.95 Å². The van der Waals surface area contributed by atoms with Gasteiger partial charge >= 0.3 is 0 Å². The van der Waals surface area contributed by atoms with Crippen molar-refractivity contribution in [3.63, 3.8) is 0 Å². The first-order valence-electron chi connectivity index (χ1n) is 8.90. The highest BCUT2D eigenvalue weighted by atomic mass is 32.1. The van der Waals surface area contributed by atoms with Gasteiger partial charge in [-0.2, -0.15) is 20.1 Å². The van der Waals surface area contributed by atoms with E-state index in [-0.39, 0.29) is 0 Å². The third kappa shape index (κ3) is 3.73. The standard InChI is InChI=1S/C17H23N7S/c1-13(14-7-6-12-25-14)21-22-15-18-16(23-8-2-3-9-23)20-17(19-15)24-10-4-5-11-24/h6-7,12H,2-5,8-11H2,1H3,(H,18,19,20,22)/b21-13+. The van der Waals surface area contributed by atoms with Gasteiger partial charge in [-0.25, -0.2) is 5.43 Å². The van der Waals surface area contributed by atoms with E-state index in [2.05, 4.69) is 36.4 Å². The lowest BCUT2D eigenvalue weighted by Crippen LogP contribution is -2.25. The summed E-state index contributed by atoms with van der Waals surface area (Å²) in [5.41, 5.74) is 3.97. The molecule has 0 radical (unpaired) electrons. The first-order valence-corrected chi connectivity index (χ1v) is 9.78. The maximum absolute atomic E-state index is 4.72. The van der Waals surface area contributed by atoms with Crippen molar-refractivity contribution in [1.29, 1.82) is 0 Å². The van der Waals surface area contributed by atoms with E-state index in [0.717, 1.165) is 48.7 Å². The molecule has 2 saturated heterocycles. The molecule has 2 aliphatic rings. The van der Waals surface area contributed by atoms with Gasteiger partial charge in [0, 0.05) is 31.1 Å². The number of anilines is 3. The van der Waals surface area contributed by atoms with Crippen LogP contribution in [-0.2, 0) is 0 Å². The maximum atomic E-state index is 4.72. The highest BCUT2D eigenvalue weighted by molar-refractivity contribution is 7.12. The lowest BCUT2D eigenvalue weighted by Gasteiger charge is -2.20. The second-order valence-electron chi connectivity index (χ2n) is 6.43. The van der Waals surface area contributed by atoms with Crippen LogP contribution in [-0.4, -0.2) is 46.8 Å². The van der Waals surface area contributed by atoms with Crippen LogP contribution in [0.4, 0.5) is 17.8 Å². The summed E-state index contributed by atoms with van der Waals surface area (Å²) in [6.07, 6.45) is 4.79. The Labute approximate surface area is 151 Å². The van der Waals surface area contributed by atoms with Gasteiger partial charge in [0.2, 0.25) is 17.8 Å². The van der Waals surface area contributed by atoms with Crippen LogP contribution in [0.2, 0.25) is 0 Å². The molecule has 8 heteroatoms. The summed E-state index contributed by atoms with van der Waals surface area (Å²) in [7, 11) is 0. The molecule has 2 aliphatic heterocycles. The van der Waals surface area contributed by atoms with Crippen molar-refractivity contribution in [2.24, 2.45) is 5.10 Å². The minimum absolute atomic E-state index is 0.523. The fourth-order valence-electron chi connectivity index (χ4n) is 3.19. The van der Waals surface area contributed by atoms with Gasteiger partial charge in [-0.3, -0.25) is 0 Å². The summed E-state index contributed by atoms with van der Waals surface area (Å²) in [5, 5.41) is 6.51. The highest BCUT2D eigenvalue weighted by Gasteiger charge is 2.21. The zero-order valence-corrected chi connectivity index (χ0v) is 15.3. The van der Waals surface area contributed by atoms with Gasteiger partial charge in [-0.05, 0) is 44.1 Å². The molecule has 0 spiro atoms. The van der Waals surface area contributed by atoms with E-state index in [1.165, 1.54) is 25.7 Å². The normalized spacial score (nSPS) is 18.2. The molecule has 2 aromatic rings. The molecule has 4 rings (SSSR count). The highest BCUT2D eigenvalue weighted by Crippen LogP contribution is 2.22. The van der Waals surface area contributed by atoms with Gasteiger partial charge in [0.05, 0.1) is 5.71 Å². The van der Waals surface area contributed by atoms with E-state index >= 15 is 0 Å². The molecule has 0 atom stereocenters. The van der Waals surface area contributed by atoms with Crippen LogP contribution in [0.25, 0.3) is 0 Å². The Morgan fingerprint density at radius 3 is 2.12 bits per heavy atom. The zero-order chi connectivity index (χ0) is 17.1. The van der Waals surface area contributed by atoms with Crippen molar-refractivity contribution in [3.05, 3.63) is 22.4 Å². The lowest BCUT2D eigenvalue weighted by atomic mass is 10.3. The SMILES string of the molecule is C/C(=N\Nc1nc(N2CCCC2)nc(N2CCCC2)n1)c1cccs1. The zero-order valence-electron chi connectivity index (χ0n) is 14.5. The van der Waals surface area contributed by atoms with Crippen LogP contribution < -0.4 is 15.2 Å². The van der Waals surface area contributed by atoms with Gasteiger partial charge in [0.25, 0.3) is 0 Å². The summed E-state index contributed by atoms with van der Waals surface area (Å²) in [5.74, 6) is 2.05. The molecule has 1 N–H and O–H groups in total. The first-order chi connectivity index (χ1) is 12.3. The van der Waals surface area contributed by atoms with Crippen LogP contribution in [0.3, 0.4) is 0 Å². The van der Waals surface area contributed by atoms with Gasteiger partial charge in [-0.15, -0.1) is 11.3 Å². The molecule has 0 amide bonds. The largest absolute Gasteiger partial charge is 0.341 e. The van der Waals surface area contributed by atoms with E-state index < -0.39 is 0 Å². The van der Waals surface area contributed by atoms with Crippen molar-refractivity contribution in [2.75, 3.05) is 41.4 Å². The topological polar surface area (TPSA) is 69.5 Å². The van der Waals surface area contributed by atoms with Crippen LogP contribution in [0.1, 0.15) is 37.5 Å². The average Bonchev–Trinajstić information content (AvgIpc) is 3.42. The Hall–Kier alpha value is -2.22. The third-order valence-corrected chi connectivity index (χ3v) is 5.57. The molecular formula is C17H23N7S. The Morgan fingerprint density at radius 2 is 1.60 bits per heavy atom. The maximum Gasteiger partial charge on any atom is 0.250 e. The monoisotopic (exact) mass is 357 g/mol. The molecule has 132 valence electrons. The molecule has 0 saturated carbocycles. The van der Waals surface area contributed by atoms with Crippen molar-refractivity contribution in [3.8, 4) is 0 Å². The molecule has 0 unspecified atom stereocenters. The number of nitrogens with one attached hydrogen (secondary N) is 1. The summed E-state index contributed by atoms with van der Waals surface area (Å²) >= 11 is 1.67. The van der Waals surface area contributed by atoms with Crippen LogP contribution in [0, 0.1) is 0 Å². The van der Waals surface area contributed by atoms with Gasteiger partial charge in [-0.1, -0.05) is 6.07 Å². The van der Waals surface area contributed by atoms with Crippen LogP contribution in [0.15, 0.2) is 22.6 Å². The molecule has 0 aromatic carbocycles. The van der Waals surface area contributed by atoms with E-state index in [9.17, 15) is 0 Å². The summed E-state index contributed by atoms with van der Waals surface area (Å²) in [4.78, 5) is 19.5. The minimum atomic E-state index is 0.523.